The molecule has 0 bridgehead atoms. The van der Waals surface area contributed by atoms with Crippen LogP contribution in [-0.4, -0.2) is 61.5 Å². The Morgan fingerprint density at radius 2 is 1.90 bits per heavy atom. The Kier molecular flexibility index (Phi) is 6.52. The van der Waals surface area contributed by atoms with E-state index in [2.05, 4.69) is 24.1 Å². The molecule has 0 unspecified atom stereocenters. The molecule has 0 saturated carbocycles. The van der Waals surface area contributed by atoms with Crippen LogP contribution in [0.1, 0.15) is 39.5 Å². The van der Waals surface area contributed by atoms with Crippen molar-refractivity contribution in [2.45, 2.75) is 51.6 Å². The standard InChI is InChI=1S/C15H29N3OS/c1-13-5-3-6-14(2)18(13)15(20)16-7-4-8-17-9-11-19-12-10-17/h13-14H,3-12H2,1-2H3,(H,16,20)/p+1/t13-,14+. The lowest BCUT2D eigenvalue weighted by atomic mass is 9.98. The van der Waals surface area contributed by atoms with Crippen molar-refractivity contribution in [3.63, 3.8) is 0 Å². The molecule has 0 aliphatic carbocycles. The van der Waals surface area contributed by atoms with Gasteiger partial charge in [-0.2, -0.15) is 0 Å². The van der Waals surface area contributed by atoms with Crippen LogP contribution in [0.5, 0.6) is 0 Å². The lowest BCUT2D eigenvalue weighted by molar-refractivity contribution is -0.908. The van der Waals surface area contributed by atoms with E-state index >= 15 is 0 Å². The van der Waals surface area contributed by atoms with Crippen molar-refractivity contribution in [1.29, 1.82) is 0 Å². The number of quaternary nitrogens is 1. The largest absolute Gasteiger partial charge is 0.370 e. The van der Waals surface area contributed by atoms with Gasteiger partial charge < -0.3 is 19.9 Å². The predicted molar refractivity (Wildman–Crippen MR) is 86.2 cm³/mol. The van der Waals surface area contributed by atoms with Gasteiger partial charge in [0.25, 0.3) is 0 Å². The normalized spacial score (nSPS) is 28.4. The topological polar surface area (TPSA) is 28.9 Å². The van der Waals surface area contributed by atoms with E-state index in [1.165, 1.54) is 32.2 Å². The Morgan fingerprint density at radius 1 is 1.25 bits per heavy atom. The first-order valence-corrected chi connectivity index (χ1v) is 8.57. The van der Waals surface area contributed by atoms with Gasteiger partial charge in [0.05, 0.1) is 19.8 Å². The van der Waals surface area contributed by atoms with Crippen molar-refractivity contribution in [2.75, 3.05) is 39.4 Å². The summed E-state index contributed by atoms with van der Waals surface area (Å²) in [6.07, 6.45) is 5.06. The molecule has 116 valence electrons. The zero-order chi connectivity index (χ0) is 14.4. The number of hydrogen-bond donors (Lipinski definition) is 2. The third-order valence-electron chi connectivity index (χ3n) is 4.61. The third kappa shape index (κ3) is 4.57. The van der Waals surface area contributed by atoms with Crippen LogP contribution in [0, 0.1) is 0 Å². The number of ether oxygens (including phenoxy) is 1. The fourth-order valence-corrected chi connectivity index (χ4v) is 3.82. The van der Waals surface area contributed by atoms with Gasteiger partial charge in [-0.3, -0.25) is 0 Å². The molecule has 0 radical (unpaired) electrons. The minimum absolute atomic E-state index is 0.587. The number of morpholine rings is 1. The third-order valence-corrected chi connectivity index (χ3v) is 4.97. The van der Waals surface area contributed by atoms with Gasteiger partial charge in [-0.05, 0) is 45.3 Å². The van der Waals surface area contributed by atoms with Crippen molar-refractivity contribution in [1.82, 2.24) is 10.2 Å². The smallest absolute Gasteiger partial charge is 0.169 e. The molecule has 0 spiro atoms. The van der Waals surface area contributed by atoms with Crippen LogP contribution in [-0.2, 0) is 4.74 Å². The van der Waals surface area contributed by atoms with E-state index in [0.29, 0.717) is 12.1 Å². The van der Waals surface area contributed by atoms with Crippen molar-refractivity contribution in [2.24, 2.45) is 0 Å². The predicted octanol–water partition coefficient (Wildman–Crippen LogP) is 0.429. The molecule has 2 N–H and O–H groups in total. The number of hydrogen-bond acceptors (Lipinski definition) is 2. The SMILES string of the molecule is C[C@@H]1CCC[C@H](C)N1C(=S)NCCC[NH+]1CCOCC1. The van der Waals surface area contributed by atoms with Crippen LogP contribution in [0.25, 0.3) is 0 Å². The van der Waals surface area contributed by atoms with Crippen LogP contribution in [0.3, 0.4) is 0 Å². The fourth-order valence-electron chi connectivity index (χ4n) is 3.36. The highest BCUT2D eigenvalue weighted by Crippen LogP contribution is 2.22. The number of nitrogens with one attached hydrogen (secondary N) is 2. The van der Waals surface area contributed by atoms with Gasteiger partial charge in [0.2, 0.25) is 0 Å². The molecule has 2 aliphatic heterocycles. The maximum Gasteiger partial charge on any atom is 0.169 e. The summed E-state index contributed by atoms with van der Waals surface area (Å²) in [6, 6.07) is 1.17. The van der Waals surface area contributed by atoms with Crippen molar-refractivity contribution >= 4 is 17.3 Å². The summed E-state index contributed by atoms with van der Waals surface area (Å²) in [5, 5.41) is 4.43. The quantitative estimate of drug-likeness (QED) is 0.582. The lowest BCUT2D eigenvalue weighted by Crippen LogP contribution is -3.14. The van der Waals surface area contributed by atoms with Crippen molar-refractivity contribution < 1.29 is 9.64 Å². The highest BCUT2D eigenvalue weighted by atomic mass is 32.1. The second-order valence-corrected chi connectivity index (χ2v) is 6.62. The highest BCUT2D eigenvalue weighted by Gasteiger charge is 2.26. The molecular formula is C15H30N3OS+. The molecule has 20 heavy (non-hydrogen) atoms. The molecule has 2 fully saturated rings. The molecule has 2 atom stereocenters. The van der Waals surface area contributed by atoms with E-state index in [1.807, 2.05) is 0 Å². The second-order valence-electron chi connectivity index (χ2n) is 6.23. The first-order chi connectivity index (χ1) is 9.68. The Labute approximate surface area is 128 Å². The summed E-state index contributed by atoms with van der Waals surface area (Å²) < 4.78 is 5.38. The van der Waals surface area contributed by atoms with E-state index in [9.17, 15) is 0 Å². The van der Waals surface area contributed by atoms with Crippen LogP contribution < -0.4 is 10.2 Å². The monoisotopic (exact) mass is 300 g/mol. The number of rotatable bonds is 4. The maximum atomic E-state index is 5.59. The van der Waals surface area contributed by atoms with Crippen LogP contribution >= 0.6 is 12.2 Å². The Balaban J connectivity index is 1.64. The molecule has 4 nitrogen and oxygen atoms in total. The van der Waals surface area contributed by atoms with Crippen LogP contribution in [0.15, 0.2) is 0 Å². The number of thiocarbonyl (C=S) groups is 1. The molecule has 2 heterocycles. The Hall–Kier alpha value is -0.390. The number of likely N-dealkylation sites (tertiary alicyclic amines) is 1. The number of piperidine rings is 1. The molecule has 0 aromatic heterocycles. The Morgan fingerprint density at radius 3 is 2.55 bits per heavy atom. The molecule has 0 amide bonds. The summed E-state index contributed by atoms with van der Waals surface area (Å²) in [4.78, 5) is 4.07. The highest BCUT2D eigenvalue weighted by molar-refractivity contribution is 7.80. The van der Waals surface area contributed by atoms with Gasteiger partial charge in [0.15, 0.2) is 5.11 Å². The first kappa shape index (κ1) is 16.0. The molecule has 2 saturated heterocycles. The van der Waals surface area contributed by atoms with E-state index in [-0.39, 0.29) is 0 Å². The summed E-state index contributed by atoms with van der Waals surface area (Å²) >= 11 is 5.59. The average Bonchev–Trinajstić information content (AvgIpc) is 2.44. The van der Waals surface area contributed by atoms with Crippen LogP contribution in [0.2, 0.25) is 0 Å². The summed E-state index contributed by atoms with van der Waals surface area (Å²) in [7, 11) is 0. The maximum absolute atomic E-state index is 5.59. The molecule has 5 heteroatoms. The molecule has 2 aliphatic rings. The van der Waals surface area contributed by atoms with E-state index in [0.717, 1.165) is 38.0 Å². The molecule has 0 aromatic carbocycles. The Bertz CT molecular complexity index is 297. The zero-order valence-corrected chi connectivity index (χ0v) is 13.8. The first-order valence-electron chi connectivity index (χ1n) is 8.16. The van der Waals surface area contributed by atoms with Gasteiger partial charge in [0.1, 0.15) is 13.1 Å². The number of nitrogens with zero attached hydrogens (tertiary/aromatic N) is 1. The minimum Gasteiger partial charge on any atom is -0.370 e. The zero-order valence-electron chi connectivity index (χ0n) is 13.0. The fraction of sp³-hybridized carbons (Fsp3) is 0.933. The van der Waals surface area contributed by atoms with E-state index < -0.39 is 0 Å². The second kappa shape index (κ2) is 8.15. The summed E-state index contributed by atoms with van der Waals surface area (Å²) in [6.45, 7) is 11.0. The molecular weight excluding hydrogens is 270 g/mol. The van der Waals surface area contributed by atoms with Crippen molar-refractivity contribution in [3.8, 4) is 0 Å². The van der Waals surface area contributed by atoms with Gasteiger partial charge in [0, 0.05) is 25.0 Å². The van der Waals surface area contributed by atoms with Gasteiger partial charge >= 0.3 is 0 Å². The van der Waals surface area contributed by atoms with E-state index in [4.69, 9.17) is 17.0 Å². The van der Waals surface area contributed by atoms with Crippen LogP contribution in [0.4, 0.5) is 0 Å². The summed E-state index contributed by atoms with van der Waals surface area (Å²) in [5.74, 6) is 0. The van der Waals surface area contributed by atoms with Gasteiger partial charge in [-0.15, -0.1) is 0 Å². The minimum atomic E-state index is 0.587. The average molecular weight is 300 g/mol. The molecule has 2 rings (SSSR count). The van der Waals surface area contributed by atoms with Gasteiger partial charge in [-0.25, -0.2) is 0 Å². The van der Waals surface area contributed by atoms with Crippen molar-refractivity contribution in [3.05, 3.63) is 0 Å². The van der Waals surface area contributed by atoms with E-state index in [1.54, 1.807) is 4.90 Å². The summed E-state index contributed by atoms with van der Waals surface area (Å²) in [5.41, 5.74) is 0. The molecule has 0 aromatic rings. The van der Waals surface area contributed by atoms with Gasteiger partial charge in [-0.1, -0.05) is 0 Å². The lowest BCUT2D eigenvalue weighted by Gasteiger charge is -2.41.